The number of sulfonamides is 1. The molecule has 2 aliphatic heterocycles. The topological polar surface area (TPSA) is 98.2 Å². The van der Waals surface area contributed by atoms with Gasteiger partial charge in [0.1, 0.15) is 6.04 Å². The number of nitrogens with zero attached hydrogens (tertiary/aromatic N) is 2. The molecule has 0 spiro atoms. The highest BCUT2D eigenvalue weighted by Crippen LogP contribution is 2.24. The molecule has 0 aromatic carbocycles. The van der Waals surface area contributed by atoms with E-state index in [9.17, 15) is 18.3 Å². The molecule has 0 saturated carbocycles. The Morgan fingerprint density at radius 2 is 2.05 bits per heavy atom. The molecule has 7 nitrogen and oxygen atoms in total. The minimum Gasteiger partial charge on any atom is -0.480 e. The molecule has 0 radical (unpaired) electrons. The molecule has 3 atom stereocenters. The number of aliphatic carboxylic acids is 1. The molecule has 0 bridgehead atoms. The van der Waals surface area contributed by atoms with Gasteiger partial charge in [-0.15, -0.1) is 0 Å². The Balaban J connectivity index is 1.97. The van der Waals surface area contributed by atoms with E-state index < -0.39 is 28.1 Å². The van der Waals surface area contributed by atoms with Crippen LogP contribution in [0.15, 0.2) is 0 Å². The molecule has 2 aliphatic rings. The second kappa shape index (κ2) is 5.97. The molecule has 0 aliphatic carbocycles. The molecule has 0 amide bonds. The second-order valence-corrected chi connectivity index (χ2v) is 7.81. The lowest BCUT2D eigenvalue weighted by Crippen LogP contribution is -2.45. The minimum absolute atomic E-state index is 0.130. The van der Waals surface area contributed by atoms with Gasteiger partial charge in [-0.1, -0.05) is 0 Å². The summed E-state index contributed by atoms with van der Waals surface area (Å²) in [6.07, 6.45) is 2.54. The van der Waals surface area contributed by atoms with Crippen LogP contribution in [0.4, 0.5) is 0 Å². The van der Waals surface area contributed by atoms with Crippen molar-refractivity contribution in [1.29, 1.82) is 0 Å². The van der Waals surface area contributed by atoms with Crippen LogP contribution in [0.2, 0.25) is 0 Å². The largest absolute Gasteiger partial charge is 0.480 e. The van der Waals surface area contributed by atoms with E-state index in [1.165, 1.54) is 10.6 Å². The maximum atomic E-state index is 11.6. The van der Waals surface area contributed by atoms with Crippen LogP contribution in [-0.4, -0.2) is 78.4 Å². The molecule has 20 heavy (non-hydrogen) atoms. The summed E-state index contributed by atoms with van der Waals surface area (Å²) in [7, 11) is -3.18. The molecule has 2 fully saturated rings. The average Bonchev–Trinajstić information content (AvgIpc) is 2.69. The van der Waals surface area contributed by atoms with E-state index >= 15 is 0 Å². The summed E-state index contributed by atoms with van der Waals surface area (Å²) in [4.78, 5) is 12.9. The van der Waals surface area contributed by atoms with Gasteiger partial charge in [-0.05, 0) is 18.8 Å². The van der Waals surface area contributed by atoms with Crippen LogP contribution in [0.5, 0.6) is 0 Å². The Hall–Kier alpha value is -0.700. The van der Waals surface area contributed by atoms with Gasteiger partial charge in [0.05, 0.1) is 12.4 Å². The van der Waals surface area contributed by atoms with Gasteiger partial charge in [-0.3, -0.25) is 9.69 Å². The van der Waals surface area contributed by atoms with Crippen molar-refractivity contribution in [3.05, 3.63) is 0 Å². The van der Waals surface area contributed by atoms with Gasteiger partial charge in [0, 0.05) is 32.6 Å². The number of β-amino-alcohol motifs (C(OH)–C–C–N with tert-alkyl or cyclic N) is 1. The standard InChI is InChI=1S/C12H22N2O5S/c1-20(18,19)14-4-2-3-9(7-14)6-13-8-10(15)5-11(13)12(16)17/h9-11,15H,2-8H2,1H3,(H,16,17). The van der Waals surface area contributed by atoms with Crippen molar-refractivity contribution in [3.8, 4) is 0 Å². The first-order chi connectivity index (χ1) is 9.27. The molecule has 2 heterocycles. The van der Waals surface area contributed by atoms with Crippen LogP contribution in [0.1, 0.15) is 19.3 Å². The van der Waals surface area contributed by atoms with E-state index in [1.54, 1.807) is 4.90 Å². The van der Waals surface area contributed by atoms with Crippen molar-refractivity contribution in [1.82, 2.24) is 9.21 Å². The highest BCUT2D eigenvalue weighted by Gasteiger charge is 2.38. The molecular weight excluding hydrogens is 284 g/mol. The predicted molar refractivity (Wildman–Crippen MR) is 72.8 cm³/mol. The number of carboxylic acid groups (broad SMARTS) is 1. The molecule has 2 rings (SSSR count). The van der Waals surface area contributed by atoms with Crippen molar-refractivity contribution >= 4 is 16.0 Å². The third-order valence-electron chi connectivity index (χ3n) is 4.11. The summed E-state index contributed by atoms with van der Waals surface area (Å²) in [5.41, 5.74) is 0. The van der Waals surface area contributed by atoms with Crippen LogP contribution in [0, 0.1) is 5.92 Å². The maximum Gasteiger partial charge on any atom is 0.321 e. The molecular formula is C12H22N2O5S. The highest BCUT2D eigenvalue weighted by atomic mass is 32.2. The number of hydrogen-bond acceptors (Lipinski definition) is 5. The summed E-state index contributed by atoms with van der Waals surface area (Å²) in [5.74, 6) is -0.789. The Morgan fingerprint density at radius 3 is 2.65 bits per heavy atom. The lowest BCUT2D eigenvalue weighted by molar-refractivity contribution is -0.142. The first-order valence-electron chi connectivity index (χ1n) is 6.87. The maximum absolute atomic E-state index is 11.6. The molecule has 0 aromatic rings. The lowest BCUT2D eigenvalue weighted by atomic mass is 9.99. The monoisotopic (exact) mass is 306 g/mol. The number of carboxylic acids is 1. The molecule has 2 N–H and O–H groups in total. The van der Waals surface area contributed by atoms with E-state index in [0.29, 0.717) is 26.2 Å². The van der Waals surface area contributed by atoms with Gasteiger partial charge in [0.2, 0.25) is 10.0 Å². The van der Waals surface area contributed by atoms with Crippen LogP contribution >= 0.6 is 0 Å². The van der Waals surface area contributed by atoms with Gasteiger partial charge in [0.25, 0.3) is 0 Å². The van der Waals surface area contributed by atoms with E-state index in [2.05, 4.69) is 0 Å². The summed E-state index contributed by atoms with van der Waals surface area (Å²) < 4.78 is 24.6. The van der Waals surface area contributed by atoms with Gasteiger partial charge < -0.3 is 10.2 Å². The van der Waals surface area contributed by atoms with E-state index in [0.717, 1.165) is 12.8 Å². The van der Waals surface area contributed by atoms with Crippen molar-refractivity contribution in [2.75, 3.05) is 32.4 Å². The minimum atomic E-state index is -3.18. The first kappa shape index (κ1) is 15.7. The zero-order chi connectivity index (χ0) is 14.9. The number of rotatable bonds is 4. The van der Waals surface area contributed by atoms with Crippen LogP contribution in [0.25, 0.3) is 0 Å². The normalized spacial score (nSPS) is 33.4. The predicted octanol–water partition coefficient (Wildman–Crippen LogP) is -0.822. The van der Waals surface area contributed by atoms with Crippen molar-refractivity contribution in [3.63, 3.8) is 0 Å². The third kappa shape index (κ3) is 3.69. The number of carbonyl (C=O) groups is 1. The number of likely N-dealkylation sites (tertiary alicyclic amines) is 1. The quantitative estimate of drug-likeness (QED) is 0.704. The number of aliphatic hydroxyl groups excluding tert-OH is 1. The molecule has 0 aromatic heterocycles. The average molecular weight is 306 g/mol. The van der Waals surface area contributed by atoms with Crippen molar-refractivity contribution < 1.29 is 23.4 Å². The second-order valence-electron chi connectivity index (χ2n) is 5.83. The third-order valence-corrected chi connectivity index (χ3v) is 5.38. The summed E-state index contributed by atoms with van der Waals surface area (Å²) in [6, 6.07) is -0.654. The van der Waals surface area contributed by atoms with Crippen LogP contribution in [0.3, 0.4) is 0 Å². The van der Waals surface area contributed by atoms with Crippen molar-refractivity contribution in [2.24, 2.45) is 5.92 Å². The highest BCUT2D eigenvalue weighted by molar-refractivity contribution is 7.88. The fraction of sp³-hybridized carbons (Fsp3) is 0.917. The zero-order valence-electron chi connectivity index (χ0n) is 11.6. The van der Waals surface area contributed by atoms with Gasteiger partial charge in [-0.2, -0.15) is 0 Å². The fourth-order valence-electron chi connectivity index (χ4n) is 3.15. The van der Waals surface area contributed by atoms with Gasteiger partial charge in [0.15, 0.2) is 0 Å². The molecule has 116 valence electrons. The Kier molecular flexibility index (Phi) is 4.68. The molecule has 2 saturated heterocycles. The number of hydrogen-bond donors (Lipinski definition) is 2. The van der Waals surface area contributed by atoms with E-state index in [-0.39, 0.29) is 12.3 Å². The number of piperidine rings is 1. The smallest absolute Gasteiger partial charge is 0.321 e. The fourth-order valence-corrected chi connectivity index (χ4v) is 4.09. The Bertz CT molecular complexity index is 466. The SMILES string of the molecule is CS(=O)(=O)N1CCCC(CN2CC(O)CC2C(=O)O)C1. The summed E-state index contributed by atoms with van der Waals surface area (Å²) in [5, 5.41) is 18.8. The van der Waals surface area contributed by atoms with Gasteiger partial charge in [-0.25, -0.2) is 12.7 Å². The van der Waals surface area contributed by atoms with E-state index in [1.807, 2.05) is 0 Å². The Morgan fingerprint density at radius 1 is 1.35 bits per heavy atom. The molecule has 8 heteroatoms. The number of aliphatic hydroxyl groups is 1. The molecule has 3 unspecified atom stereocenters. The zero-order valence-corrected chi connectivity index (χ0v) is 12.4. The summed E-state index contributed by atoms with van der Waals surface area (Å²) >= 11 is 0. The van der Waals surface area contributed by atoms with Crippen molar-refractivity contribution in [2.45, 2.75) is 31.4 Å². The van der Waals surface area contributed by atoms with E-state index in [4.69, 9.17) is 5.11 Å². The van der Waals surface area contributed by atoms with Crippen LogP contribution < -0.4 is 0 Å². The Labute approximate surface area is 119 Å². The van der Waals surface area contributed by atoms with Gasteiger partial charge >= 0.3 is 5.97 Å². The van der Waals surface area contributed by atoms with Crippen LogP contribution in [-0.2, 0) is 14.8 Å². The summed E-state index contributed by atoms with van der Waals surface area (Å²) in [6.45, 7) is 1.87. The first-order valence-corrected chi connectivity index (χ1v) is 8.72. The lowest BCUT2D eigenvalue weighted by Gasteiger charge is -2.34.